The van der Waals surface area contributed by atoms with Crippen LogP contribution < -0.4 is 14.9 Å². The van der Waals surface area contributed by atoms with Gasteiger partial charge in [-0.15, -0.1) is 0 Å². The quantitative estimate of drug-likeness (QED) is 0.566. The molecule has 1 fully saturated rings. The highest BCUT2D eigenvalue weighted by atomic mass is 32.2. The number of hydrogen-bond acceptors (Lipinski definition) is 7. The molecule has 0 atom stereocenters. The van der Waals surface area contributed by atoms with E-state index >= 15 is 0 Å². The number of sulfonamides is 1. The average molecular weight is 507 g/mol. The Kier molecular flexibility index (Phi) is 6.03. The zero-order valence-corrected chi connectivity index (χ0v) is 20.4. The first-order valence-corrected chi connectivity index (χ1v) is 14.2. The summed E-state index contributed by atoms with van der Waals surface area (Å²) in [5.74, 6) is 0. The normalized spacial score (nSPS) is 15.2. The van der Waals surface area contributed by atoms with Gasteiger partial charge in [0, 0.05) is 25.0 Å². The zero-order chi connectivity index (χ0) is 24.0. The number of anilines is 2. The van der Waals surface area contributed by atoms with E-state index in [1.54, 1.807) is 42.2 Å². The number of nitrogens with zero attached hydrogens (tertiary/aromatic N) is 3. The highest BCUT2D eigenvalue weighted by molar-refractivity contribution is 7.91. The summed E-state index contributed by atoms with van der Waals surface area (Å²) >= 11 is 0.882. The number of carbonyl (C=O) groups excluding carboxylic acids is 1. The summed E-state index contributed by atoms with van der Waals surface area (Å²) in [5.41, 5.74) is 2.51. The molecule has 2 aromatic carbocycles. The van der Waals surface area contributed by atoms with E-state index in [1.165, 1.54) is 11.2 Å². The zero-order valence-electron chi connectivity index (χ0n) is 17.9. The van der Waals surface area contributed by atoms with E-state index < -0.39 is 19.9 Å². The van der Waals surface area contributed by atoms with Crippen LogP contribution in [0, 0.1) is 6.92 Å². The molecule has 1 saturated heterocycles. The van der Waals surface area contributed by atoms with Crippen molar-refractivity contribution in [3.05, 3.63) is 54.2 Å². The fraction of sp³-hybridized carbons (Fsp3) is 0.238. The van der Waals surface area contributed by atoms with Gasteiger partial charge in [0.1, 0.15) is 0 Å². The predicted molar refractivity (Wildman–Crippen MR) is 128 cm³/mol. The molecule has 33 heavy (non-hydrogen) atoms. The van der Waals surface area contributed by atoms with E-state index in [2.05, 4.69) is 4.98 Å². The third kappa shape index (κ3) is 4.78. The van der Waals surface area contributed by atoms with Gasteiger partial charge in [0.25, 0.3) is 0 Å². The van der Waals surface area contributed by atoms with E-state index in [-0.39, 0.29) is 20.8 Å². The molecule has 0 aliphatic carbocycles. The SMILES string of the molecule is Cc1nc(N2CCCN(c3ccc(-c4cccc(S(C)(=O)=O)c4)cc3)C2=O)sc1S(N)(=O)=O. The molecule has 1 aromatic heterocycles. The molecule has 2 heterocycles. The Hall–Kier alpha value is -2.80. The Bertz CT molecular complexity index is 1430. The maximum absolute atomic E-state index is 13.2. The molecule has 0 radical (unpaired) electrons. The van der Waals surface area contributed by atoms with Crippen LogP contribution in [0.2, 0.25) is 0 Å². The number of primary sulfonamides is 1. The maximum atomic E-state index is 13.2. The predicted octanol–water partition coefficient (Wildman–Crippen LogP) is 3.01. The van der Waals surface area contributed by atoms with Gasteiger partial charge in [0.2, 0.25) is 10.0 Å². The number of nitrogens with two attached hydrogens (primary N) is 1. The van der Waals surface area contributed by atoms with Crippen LogP contribution in [0.5, 0.6) is 0 Å². The molecule has 3 aromatic rings. The second-order valence-electron chi connectivity index (χ2n) is 7.70. The number of sulfone groups is 1. The fourth-order valence-electron chi connectivity index (χ4n) is 3.63. The molecule has 1 aliphatic rings. The molecule has 0 unspecified atom stereocenters. The summed E-state index contributed by atoms with van der Waals surface area (Å²) in [6.07, 6.45) is 1.84. The Morgan fingerprint density at radius 2 is 1.64 bits per heavy atom. The molecule has 2 N–H and O–H groups in total. The number of hydrogen-bond donors (Lipinski definition) is 1. The van der Waals surface area contributed by atoms with Gasteiger partial charge in [-0.3, -0.25) is 9.80 Å². The maximum Gasteiger partial charge on any atom is 0.330 e. The summed E-state index contributed by atoms with van der Waals surface area (Å²) in [6, 6.07) is 13.6. The molecular weight excluding hydrogens is 484 g/mol. The Morgan fingerprint density at radius 1 is 0.970 bits per heavy atom. The molecular formula is C21H22N4O5S3. The summed E-state index contributed by atoms with van der Waals surface area (Å²) in [4.78, 5) is 20.7. The lowest BCUT2D eigenvalue weighted by atomic mass is 10.1. The van der Waals surface area contributed by atoms with Gasteiger partial charge in [-0.05, 0) is 48.7 Å². The first-order chi connectivity index (χ1) is 15.4. The van der Waals surface area contributed by atoms with Gasteiger partial charge < -0.3 is 0 Å². The summed E-state index contributed by atoms with van der Waals surface area (Å²) in [7, 11) is -7.23. The van der Waals surface area contributed by atoms with Crippen molar-refractivity contribution in [2.45, 2.75) is 22.4 Å². The molecule has 0 bridgehead atoms. The van der Waals surface area contributed by atoms with Gasteiger partial charge in [-0.25, -0.2) is 31.8 Å². The molecule has 2 amide bonds. The van der Waals surface area contributed by atoms with E-state index in [9.17, 15) is 21.6 Å². The van der Waals surface area contributed by atoms with Crippen molar-refractivity contribution in [1.82, 2.24) is 4.98 Å². The number of amides is 2. The van der Waals surface area contributed by atoms with Crippen molar-refractivity contribution < 1.29 is 21.6 Å². The van der Waals surface area contributed by atoms with E-state index in [0.717, 1.165) is 22.5 Å². The number of aryl methyl sites for hydroxylation is 1. The van der Waals surface area contributed by atoms with Crippen LogP contribution in [-0.2, 0) is 19.9 Å². The van der Waals surface area contributed by atoms with Crippen LogP contribution in [0.1, 0.15) is 12.1 Å². The Labute approximate surface area is 196 Å². The van der Waals surface area contributed by atoms with E-state index in [1.807, 2.05) is 18.2 Å². The average Bonchev–Trinajstić information content (AvgIpc) is 3.15. The number of carbonyl (C=O) groups is 1. The third-order valence-corrected chi connectivity index (χ3v) is 9.08. The van der Waals surface area contributed by atoms with Crippen molar-refractivity contribution in [2.75, 3.05) is 29.1 Å². The van der Waals surface area contributed by atoms with E-state index in [0.29, 0.717) is 30.3 Å². The summed E-state index contributed by atoms with van der Waals surface area (Å²) in [5, 5.41) is 5.54. The standard InChI is InChI=1S/C21H22N4O5S3/c1-14-19(33(22,29)30)31-20(23-14)25-12-4-11-24(21(25)26)17-9-7-15(8-10-17)16-5-3-6-18(13-16)32(2,27)28/h3,5-10,13H,4,11-12H2,1-2H3,(H2,22,29,30). The molecule has 1 aliphatic heterocycles. The Morgan fingerprint density at radius 3 is 2.24 bits per heavy atom. The van der Waals surface area contributed by atoms with Gasteiger partial charge in [-0.2, -0.15) is 0 Å². The van der Waals surface area contributed by atoms with Crippen LogP contribution in [0.3, 0.4) is 0 Å². The van der Waals surface area contributed by atoms with Crippen LogP contribution in [0.25, 0.3) is 11.1 Å². The highest BCUT2D eigenvalue weighted by Crippen LogP contribution is 2.33. The minimum atomic E-state index is -3.91. The number of benzene rings is 2. The van der Waals surface area contributed by atoms with Gasteiger partial charge in [0.15, 0.2) is 19.2 Å². The van der Waals surface area contributed by atoms with Crippen molar-refractivity contribution in [3.63, 3.8) is 0 Å². The second-order valence-corrected chi connectivity index (χ2v) is 12.5. The monoisotopic (exact) mass is 506 g/mol. The second kappa shape index (κ2) is 8.52. The first kappa shape index (κ1) is 23.4. The number of aromatic nitrogens is 1. The lowest BCUT2D eigenvalue weighted by Gasteiger charge is -2.34. The lowest BCUT2D eigenvalue weighted by Crippen LogP contribution is -2.49. The van der Waals surface area contributed by atoms with Crippen LogP contribution >= 0.6 is 11.3 Å². The molecule has 9 nitrogen and oxygen atoms in total. The van der Waals surface area contributed by atoms with Crippen molar-refractivity contribution in [3.8, 4) is 11.1 Å². The van der Waals surface area contributed by atoms with Crippen molar-refractivity contribution in [2.24, 2.45) is 5.14 Å². The number of rotatable bonds is 5. The van der Waals surface area contributed by atoms with Gasteiger partial charge >= 0.3 is 6.03 Å². The largest absolute Gasteiger partial charge is 0.330 e. The number of thiazole rings is 1. The third-order valence-electron chi connectivity index (χ3n) is 5.23. The minimum absolute atomic E-state index is 0.0527. The van der Waals surface area contributed by atoms with Crippen LogP contribution in [0.15, 0.2) is 57.6 Å². The van der Waals surface area contributed by atoms with Crippen LogP contribution in [-0.4, -0.2) is 47.2 Å². The molecule has 12 heteroatoms. The van der Waals surface area contributed by atoms with E-state index in [4.69, 9.17) is 5.14 Å². The molecule has 0 spiro atoms. The number of urea groups is 1. The van der Waals surface area contributed by atoms with Crippen molar-refractivity contribution in [1.29, 1.82) is 0 Å². The molecule has 174 valence electrons. The summed E-state index contributed by atoms with van der Waals surface area (Å²) in [6.45, 7) is 2.47. The first-order valence-electron chi connectivity index (χ1n) is 9.95. The smallest absolute Gasteiger partial charge is 0.294 e. The summed E-state index contributed by atoms with van der Waals surface area (Å²) < 4.78 is 47.1. The molecule has 4 rings (SSSR count). The topological polar surface area (TPSA) is 131 Å². The molecule has 0 saturated carbocycles. The van der Waals surface area contributed by atoms with Gasteiger partial charge in [-0.1, -0.05) is 35.6 Å². The highest BCUT2D eigenvalue weighted by Gasteiger charge is 2.31. The minimum Gasteiger partial charge on any atom is -0.294 e. The lowest BCUT2D eigenvalue weighted by molar-refractivity contribution is 0.248. The Balaban J connectivity index is 1.59. The van der Waals surface area contributed by atoms with Crippen molar-refractivity contribution >= 4 is 48.0 Å². The fourth-order valence-corrected chi connectivity index (χ4v) is 6.26. The van der Waals surface area contributed by atoms with Gasteiger partial charge in [0.05, 0.1) is 10.6 Å². The van der Waals surface area contributed by atoms with Crippen LogP contribution in [0.4, 0.5) is 15.6 Å².